The third kappa shape index (κ3) is 3.36. The van der Waals surface area contributed by atoms with Crippen LogP contribution < -0.4 is 5.32 Å². The Morgan fingerprint density at radius 1 is 1.50 bits per heavy atom. The molecule has 1 aliphatic rings. The van der Waals surface area contributed by atoms with Gasteiger partial charge < -0.3 is 10.2 Å². The fraction of sp³-hybridized carbons (Fsp3) is 0.571. The van der Waals surface area contributed by atoms with E-state index in [1.54, 1.807) is 6.07 Å². The largest absolute Gasteiger partial charge is 0.381 e. The number of piperidine rings is 1. The zero-order valence-electron chi connectivity index (χ0n) is 10.9. The molecule has 0 bridgehead atoms. The van der Waals surface area contributed by atoms with Crippen LogP contribution in [0.25, 0.3) is 0 Å². The number of nitrogens with zero attached hydrogens (tertiary/aromatic N) is 1. The van der Waals surface area contributed by atoms with E-state index in [4.69, 9.17) is 11.6 Å². The van der Waals surface area contributed by atoms with Crippen LogP contribution in [0, 0.1) is 11.7 Å². The summed E-state index contributed by atoms with van der Waals surface area (Å²) in [4.78, 5) is 2.35. The molecule has 1 aromatic carbocycles. The second-order valence-corrected chi connectivity index (χ2v) is 5.63. The maximum atomic E-state index is 13.2. The van der Waals surface area contributed by atoms with Crippen LogP contribution in [0.15, 0.2) is 18.2 Å². The van der Waals surface area contributed by atoms with E-state index in [1.165, 1.54) is 31.5 Å². The zero-order chi connectivity index (χ0) is 13.1. The first-order chi connectivity index (χ1) is 8.56. The first-order valence-electron chi connectivity index (χ1n) is 6.46. The molecule has 1 fully saturated rings. The van der Waals surface area contributed by atoms with E-state index in [-0.39, 0.29) is 5.82 Å². The molecule has 0 saturated carbocycles. The fourth-order valence-corrected chi connectivity index (χ4v) is 2.76. The Kier molecular flexibility index (Phi) is 4.46. The lowest BCUT2D eigenvalue weighted by atomic mass is 9.92. The number of nitrogens with one attached hydrogen (secondary N) is 1. The normalized spacial score (nSPS) is 22.8. The lowest BCUT2D eigenvalue weighted by Crippen LogP contribution is -2.39. The van der Waals surface area contributed by atoms with Gasteiger partial charge in [-0.2, -0.15) is 0 Å². The number of hydrogen-bond donors (Lipinski definition) is 1. The van der Waals surface area contributed by atoms with Crippen molar-refractivity contribution in [3.05, 3.63) is 29.0 Å². The molecule has 2 rings (SSSR count). The standard InChI is InChI=1S/C14H20ClFN2/c1-10(11-4-3-7-18(2)9-11)17-14-8-12(16)5-6-13(14)15/h5-6,8,10-11,17H,3-4,7,9H2,1-2H3. The van der Waals surface area contributed by atoms with E-state index >= 15 is 0 Å². The van der Waals surface area contributed by atoms with E-state index in [2.05, 4.69) is 24.2 Å². The van der Waals surface area contributed by atoms with Gasteiger partial charge in [-0.1, -0.05) is 11.6 Å². The summed E-state index contributed by atoms with van der Waals surface area (Å²) in [5.41, 5.74) is 0.692. The second-order valence-electron chi connectivity index (χ2n) is 5.22. The van der Waals surface area contributed by atoms with Crippen molar-refractivity contribution in [2.45, 2.75) is 25.8 Å². The Morgan fingerprint density at radius 2 is 2.28 bits per heavy atom. The van der Waals surface area contributed by atoms with Crippen LogP contribution in [-0.2, 0) is 0 Å². The molecule has 1 aliphatic heterocycles. The zero-order valence-corrected chi connectivity index (χ0v) is 11.7. The van der Waals surface area contributed by atoms with Crippen LogP contribution in [0.2, 0.25) is 5.02 Å². The average Bonchev–Trinajstić information content (AvgIpc) is 2.34. The Bertz CT molecular complexity index is 411. The number of halogens is 2. The minimum atomic E-state index is -0.255. The molecule has 1 N–H and O–H groups in total. The van der Waals surface area contributed by atoms with Gasteiger partial charge in [0.15, 0.2) is 0 Å². The summed E-state index contributed by atoms with van der Waals surface area (Å²) in [6.07, 6.45) is 2.44. The van der Waals surface area contributed by atoms with Crippen molar-refractivity contribution in [2.75, 3.05) is 25.5 Å². The summed E-state index contributed by atoms with van der Waals surface area (Å²) in [5, 5.41) is 3.92. The van der Waals surface area contributed by atoms with Crippen molar-refractivity contribution < 1.29 is 4.39 Å². The maximum Gasteiger partial charge on any atom is 0.125 e. The quantitative estimate of drug-likeness (QED) is 0.902. The third-order valence-corrected chi connectivity index (χ3v) is 4.01. The predicted molar refractivity (Wildman–Crippen MR) is 74.7 cm³/mol. The number of hydrogen-bond acceptors (Lipinski definition) is 2. The minimum absolute atomic E-state index is 0.255. The lowest BCUT2D eigenvalue weighted by Gasteiger charge is -2.34. The predicted octanol–water partition coefficient (Wildman–Crippen LogP) is 3.62. The van der Waals surface area contributed by atoms with Crippen molar-refractivity contribution in [1.29, 1.82) is 0 Å². The maximum absolute atomic E-state index is 13.2. The van der Waals surface area contributed by atoms with Gasteiger partial charge in [-0.15, -0.1) is 0 Å². The molecule has 100 valence electrons. The number of benzene rings is 1. The van der Waals surface area contributed by atoms with Gasteiger partial charge in [0.25, 0.3) is 0 Å². The van der Waals surface area contributed by atoms with Crippen LogP contribution >= 0.6 is 11.6 Å². The molecule has 0 aromatic heterocycles. The van der Waals surface area contributed by atoms with Gasteiger partial charge in [-0.05, 0) is 57.5 Å². The molecule has 18 heavy (non-hydrogen) atoms. The minimum Gasteiger partial charge on any atom is -0.381 e. The topological polar surface area (TPSA) is 15.3 Å². The van der Waals surface area contributed by atoms with Crippen molar-refractivity contribution in [3.8, 4) is 0 Å². The highest BCUT2D eigenvalue weighted by molar-refractivity contribution is 6.33. The summed E-state index contributed by atoms with van der Waals surface area (Å²) >= 11 is 6.07. The fourth-order valence-electron chi connectivity index (χ4n) is 2.59. The molecule has 0 radical (unpaired) electrons. The second kappa shape index (κ2) is 5.89. The Morgan fingerprint density at radius 3 is 3.00 bits per heavy atom. The summed E-state index contributed by atoms with van der Waals surface area (Å²) in [5.74, 6) is 0.331. The highest BCUT2D eigenvalue weighted by Crippen LogP contribution is 2.26. The van der Waals surface area contributed by atoms with Crippen LogP contribution in [0.3, 0.4) is 0 Å². The summed E-state index contributed by atoms with van der Waals surface area (Å²) in [7, 11) is 2.15. The van der Waals surface area contributed by atoms with Gasteiger partial charge in [0, 0.05) is 12.6 Å². The van der Waals surface area contributed by atoms with Gasteiger partial charge in [0.1, 0.15) is 5.82 Å². The van der Waals surface area contributed by atoms with Crippen molar-refractivity contribution in [2.24, 2.45) is 5.92 Å². The van der Waals surface area contributed by atoms with Crippen LogP contribution in [0.4, 0.5) is 10.1 Å². The van der Waals surface area contributed by atoms with Crippen molar-refractivity contribution in [3.63, 3.8) is 0 Å². The molecule has 4 heteroatoms. The molecule has 1 heterocycles. The van der Waals surface area contributed by atoms with Gasteiger partial charge >= 0.3 is 0 Å². The number of anilines is 1. The number of likely N-dealkylation sites (tertiary alicyclic amines) is 1. The lowest BCUT2D eigenvalue weighted by molar-refractivity contribution is 0.197. The van der Waals surface area contributed by atoms with Gasteiger partial charge in [-0.3, -0.25) is 0 Å². The Labute approximate surface area is 113 Å². The summed E-state index contributed by atoms with van der Waals surface area (Å²) in [6.45, 7) is 4.40. The molecular weight excluding hydrogens is 251 g/mol. The highest BCUT2D eigenvalue weighted by atomic mass is 35.5. The molecule has 0 aliphatic carbocycles. The van der Waals surface area contributed by atoms with Crippen LogP contribution in [-0.4, -0.2) is 31.1 Å². The molecule has 1 aromatic rings. The van der Waals surface area contributed by atoms with Gasteiger partial charge in [0.2, 0.25) is 0 Å². The van der Waals surface area contributed by atoms with E-state index in [1.807, 2.05) is 0 Å². The monoisotopic (exact) mass is 270 g/mol. The third-order valence-electron chi connectivity index (χ3n) is 3.68. The first kappa shape index (κ1) is 13.6. The van der Waals surface area contributed by atoms with E-state index < -0.39 is 0 Å². The molecule has 0 amide bonds. The molecular formula is C14H20ClFN2. The van der Waals surface area contributed by atoms with E-state index in [9.17, 15) is 4.39 Å². The smallest absolute Gasteiger partial charge is 0.125 e. The molecule has 0 spiro atoms. The molecule has 1 saturated heterocycles. The SMILES string of the molecule is CC(Nc1cc(F)ccc1Cl)C1CCCN(C)C1. The van der Waals surface area contributed by atoms with E-state index in [0.717, 1.165) is 6.54 Å². The Balaban J connectivity index is 2.01. The molecule has 2 nitrogen and oxygen atoms in total. The summed E-state index contributed by atoms with van der Waals surface area (Å²) in [6, 6.07) is 4.74. The first-order valence-corrected chi connectivity index (χ1v) is 6.84. The summed E-state index contributed by atoms with van der Waals surface area (Å²) < 4.78 is 13.2. The van der Waals surface area contributed by atoms with Crippen LogP contribution in [0.1, 0.15) is 19.8 Å². The molecule has 2 atom stereocenters. The van der Waals surface area contributed by atoms with E-state index in [0.29, 0.717) is 22.7 Å². The Hall–Kier alpha value is -0.800. The highest BCUT2D eigenvalue weighted by Gasteiger charge is 2.23. The van der Waals surface area contributed by atoms with Crippen molar-refractivity contribution >= 4 is 17.3 Å². The number of rotatable bonds is 3. The average molecular weight is 271 g/mol. The molecule has 2 unspecified atom stereocenters. The van der Waals surface area contributed by atoms with Gasteiger partial charge in [-0.25, -0.2) is 4.39 Å². The van der Waals surface area contributed by atoms with Gasteiger partial charge in [0.05, 0.1) is 10.7 Å². The van der Waals surface area contributed by atoms with Crippen LogP contribution in [0.5, 0.6) is 0 Å². The van der Waals surface area contributed by atoms with Crippen molar-refractivity contribution in [1.82, 2.24) is 4.90 Å².